The number of carboxylic acid groups (broad SMARTS) is 1. The van der Waals surface area contributed by atoms with E-state index >= 15 is 0 Å². The number of piperazine rings is 1. The topological polar surface area (TPSA) is 87.5 Å². The fraction of sp³-hybridized carbons (Fsp3) is 0.349. The number of carbonyl (C=O) groups is 2. The van der Waals surface area contributed by atoms with Crippen LogP contribution in [0, 0.1) is 0 Å². The minimum Gasteiger partial charge on any atom is -0.495 e. The van der Waals surface area contributed by atoms with Crippen molar-refractivity contribution in [2.75, 3.05) is 63.3 Å². The van der Waals surface area contributed by atoms with Crippen molar-refractivity contribution in [3.05, 3.63) is 114 Å². The number of benzene rings is 4. The largest absolute Gasteiger partial charge is 0.495 e. The highest BCUT2D eigenvalue weighted by Gasteiger charge is 2.21. The fourth-order valence-electron chi connectivity index (χ4n) is 7.03. The Morgan fingerprint density at radius 1 is 0.827 bits per heavy atom. The molecule has 9 nitrogen and oxygen atoms in total. The number of nitrogens with zero attached hydrogens (tertiary/aromatic N) is 4. The third-order valence-corrected chi connectivity index (χ3v) is 10.1. The Balaban J connectivity index is 1.14. The molecule has 272 valence electrons. The zero-order valence-electron chi connectivity index (χ0n) is 30.6. The summed E-state index contributed by atoms with van der Waals surface area (Å²) in [4.78, 5) is 32.3. The van der Waals surface area contributed by atoms with Gasteiger partial charge in [-0.3, -0.25) is 14.5 Å². The van der Waals surface area contributed by atoms with Crippen molar-refractivity contribution in [1.82, 2.24) is 9.47 Å². The Morgan fingerprint density at radius 2 is 1.58 bits per heavy atom. The van der Waals surface area contributed by atoms with Crippen LogP contribution in [-0.4, -0.2) is 79.8 Å². The maximum atomic E-state index is 14.1. The van der Waals surface area contributed by atoms with E-state index in [1.807, 2.05) is 72.4 Å². The average molecular weight is 703 g/mol. The molecule has 1 N–H and O–H groups in total. The number of ether oxygens (including phenoxy) is 2. The number of unbranched alkanes of at least 4 members (excludes halogenated alkanes) is 1. The van der Waals surface area contributed by atoms with Gasteiger partial charge in [0, 0.05) is 80.1 Å². The highest BCUT2D eigenvalue weighted by Crippen LogP contribution is 2.35. The van der Waals surface area contributed by atoms with E-state index in [4.69, 9.17) is 14.6 Å². The van der Waals surface area contributed by atoms with Gasteiger partial charge in [0.1, 0.15) is 11.5 Å². The molecule has 4 aromatic carbocycles. The number of aromatic nitrogens is 1. The van der Waals surface area contributed by atoms with Crippen molar-refractivity contribution in [3.63, 3.8) is 0 Å². The second-order valence-corrected chi connectivity index (χ2v) is 13.4. The molecule has 0 aliphatic carbocycles. The summed E-state index contributed by atoms with van der Waals surface area (Å²) in [7, 11) is 3.75. The fourth-order valence-corrected chi connectivity index (χ4v) is 7.03. The molecule has 1 saturated heterocycles. The van der Waals surface area contributed by atoms with Gasteiger partial charge >= 0.3 is 5.97 Å². The average Bonchev–Trinajstić information content (AvgIpc) is 3.55. The number of carboxylic acids is 1. The molecule has 52 heavy (non-hydrogen) atoms. The van der Waals surface area contributed by atoms with Gasteiger partial charge in [-0.15, -0.1) is 0 Å². The number of carbonyl (C=O) groups excluding carboxylic acids is 1. The molecular formula is C43H50N4O5. The Morgan fingerprint density at radius 3 is 2.33 bits per heavy atom. The normalized spacial score (nSPS) is 13.3. The smallest absolute Gasteiger partial charge is 0.303 e. The van der Waals surface area contributed by atoms with Crippen LogP contribution < -0.4 is 19.3 Å². The molecule has 1 aliphatic heterocycles. The van der Waals surface area contributed by atoms with E-state index in [9.17, 15) is 9.59 Å². The van der Waals surface area contributed by atoms with E-state index in [0.29, 0.717) is 36.4 Å². The summed E-state index contributed by atoms with van der Waals surface area (Å²) in [6.07, 6.45) is 5.30. The van der Waals surface area contributed by atoms with Gasteiger partial charge in [-0.25, -0.2) is 0 Å². The van der Waals surface area contributed by atoms with Crippen molar-refractivity contribution < 1.29 is 24.2 Å². The molecule has 1 aromatic heterocycles. The van der Waals surface area contributed by atoms with Gasteiger partial charge in [-0.2, -0.15) is 0 Å². The molecule has 0 spiro atoms. The molecule has 1 aliphatic rings. The first-order valence-electron chi connectivity index (χ1n) is 18.4. The summed E-state index contributed by atoms with van der Waals surface area (Å²) in [5.74, 6) is 0.673. The molecule has 0 amide bonds. The number of rotatable bonds is 17. The van der Waals surface area contributed by atoms with Crippen LogP contribution >= 0.6 is 0 Å². The third kappa shape index (κ3) is 8.60. The van der Waals surface area contributed by atoms with Crippen molar-refractivity contribution in [1.29, 1.82) is 0 Å². The van der Waals surface area contributed by atoms with Crippen LogP contribution in [0.25, 0.3) is 10.9 Å². The monoisotopic (exact) mass is 702 g/mol. The number of ketones is 1. The molecule has 0 atom stereocenters. The lowest BCUT2D eigenvalue weighted by atomic mass is 10.0. The van der Waals surface area contributed by atoms with Gasteiger partial charge in [-0.05, 0) is 86.3 Å². The van der Waals surface area contributed by atoms with Crippen LogP contribution in [0.4, 0.5) is 17.1 Å². The zero-order valence-corrected chi connectivity index (χ0v) is 30.6. The number of hydrogen-bond acceptors (Lipinski definition) is 7. The Hall–Kier alpha value is -5.28. The first kappa shape index (κ1) is 36.5. The van der Waals surface area contributed by atoms with Crippen LogP contribution in [0.15, 0.2) is 97.2 Å². The maximum absolute atomic E-state index is 14.1. The van der Waals surface area contributed by atoms with Crippen molar-refractivity contribution in [2.24, 2.45) is 0 Å². The predicted molar refractivity (Wildman–Crippen MR) is 209 cm³/mol. The van der Waals surface area contributed by atoms with Crippen LogP contribution in [-0.2, 0) is 17.8 Å². The van der Waals surface area contributed by atoms with Gasteiger partial charge in [-0.1, -0.05) is 49.4 Å². The predicted octanol–water partition coefficient (Wildman–Crippen LogP) is 8.06. The van der Waals surface area contributed by atoms with Crippen molar-refractivity contribution >= 4 is 39.7 Å². The lowest BCUT2D eigenvalue weighted by molar-refractivity contribution is -0.137. The minimum absolute atomic E-state index is 0.0766. The molecule has 5 aromatic rings. The number of para-hydroxylation sites is 3. The summed E-state index contributed by atoms with van der Waals surface area (Å²) < 4.78 is 14.1. The summed E-state index contributed by atoms with van der Waals surface area (Å²) in [6.45, 7) is 8.16. The number of aryl methyl sites for hydroxylation is 2. The number of fused-ring (bicyclic) bond motifs is 1. The van der Waals surface area contributed by atoms with Crippen LogP contribution in [0.3, 0.4) is 0 Å². The molecule has 2 heterocycles. The molecule has 6 rings (SSSR count). The van der Waals surface area contributed by atoms with E-state index in [1.165, 1.54) is 5.56 Å². The summed E-state index contributed by atoms with van der Waals surface area (Å²) >= 11 is 0. The highest BCUT2D eigenvalue weighted by molar-refractivity contribution is 6.16. The van der Waals surface area contributed by atoms with Gasteiger partial charge in [0.05, 0.1) is 25.1 Å². The van der Waals surface area contributed by atoms with E-state index < -0.39 is 5.97 Å². The third-order valence-electron chi connectivity index (χ3n) is 10.1. The Kier molecular flexibility index (Phi) is 12.1. The standard InChI is InChI=1S/C43H50N4O5/c1-4-32-17-20-34(21-18-32)44(2)38-22-19-33(43(50)36-31-47(24-11-16-42(48)49)37-13-6-5-12-35(36)37)30-41(38)52-29-10-9-23-45-25-27-46(28-26-45)39-14-7-8-15-40(39)51-3/h5-8,12-15,17-22,30-31H,4,9-11,16,23-29H2,1-3H3,(H,48,49). The minimum atomic E-state index is -0.824. The molecule has 9 heteroatoms. The summed E-state index contributed by atoms with van der Waals surface area (Å²) in [6, 6.07) is 30.3. The molecule has 0 saturated carbocycles. The molecule has 0 bridgehead atoms. The quantitative estimate of drug-likeness (QED) is 0.0770. The number of methoxy groups -OCH3 is 1. The Bertz CT molecular complexity index is 1960. The zero-order chi connectivity index (χ0) is 36.5. The van der Waals surface area contributed by atoms with E-state index in [2.05, 4.69) is 58.0 Å². The molecule has 0 radical (unpaired) electrons. The van der Waals surface area contributed by atoms with Gasteiger partial charge < -0.3 is 28.9 Å². The second-order valence-electron chi connectivity index (χ2n) is 13.4. The van der Waals surface area contributed by atoms with Gasteiger partial charge in [0.2, 0.25) is 0 Å². The van der Waals surface area contributed by atoms with Crippen LogP contribution in [0.2, 0.25) is 0 Å². The van der Waals surface area contributed by atoms with E-state index in [1.54, 1.807) is 7.11 Å². The first-order chi connectivity index (χ1) is 25.4. The number of aliphatic carboxylic acids is 1. The lowest BCUT2D eigenvalue weighted by Gasteiger charge is -2.36. The first-order valence-corrected chi connectivity index (χ1v) is 18.4. The molecule has 1 fully saturated rings. The van der Waals surface area contributed by atoms with Crippen LogP contribution in [0.1, 0.15) is 54.1 Å². The highest BCUT2D eigenvalue weighted by atomic mass is 16.5. The second kappa shape index (κ2) is 17.3. The van der Waals surface area contributed by atoms with E-state index in [0.717, 1.165) is 85.7 Å². The summed E-state index contributed by atoms with van der Waals surface area (Å²) in [5, 5.41) is 10.0. The Labute approximate surface area is 307 Å². The van der Waals surface area contributed by atoms with Gasteiger partial charge in [0.25, 0.3) is 0 Å². The number of anilines is 3. The van der Waals surface area contributed by atoms with Gasteiger partial charge in [0.15, 0.2) is 5.78 Å². The lowest BCUT2D eigenvalue weighted by Crippen LogP contribution is -2.46. The van der Waals surface area contributed by atoms with E-state index in [-0.39, 0.29) is 12.2 Å². The maximum Gasteiger partial charge on any atom is 0.303 e. The molecular weight excluding hydrogens is 652 g/mol. The SMILES string of the molecule is CCc1ccc(N(C)c2ccc(C(=O)c3cn(CCCC(=O)O)c4ccccc34)cc2OCCCCN2CCN(c3ccccc3OC)CC2)cc1. The number of hydrogen-bond donors (Lipinski definition) is 1. The summed E-state index contributed by atoms with van der Waals surface area (Å²) in [5.41, 5.74) is 6.43. The van der Waals surface area contributed by atoms with Crippen LogP contribution in [0.5, 0.6) is 11.5 Å². The van der Waals surface area contributed by atoms with Crippen molar-refractivity contribution in [2.45, 2.75) is 45.6 Å². The molecule has 0 unspecified atom stereocenters. The van der Waals surface area contributed by atoms with Crippen molar-refractivity contribution in [3.8, 4) is 11.5 Å².